The first-order valence-corrected chi connectivity index (χ1v) is 6.63. The van der Waals surface area contributed by atoms with Gasteiger partial charge in [0, 0.05) is 0 Å². The zero-order valence-corrected chi connectivity index (χ0v) is 10.3. The van der Waals surface area contributed by atoms with E-state index in [1.54, 1.807) is 18.2 Å². The van der Waals surface area contributed by atoms with Gasteiger partial charge in [-0.25, -0.2) is 0 Å². The van der Waals surface area contributed by atoms with Gasteiger partial charge in [0.05, 0.1) is 11.5 Å². The monoisotopic (exact) mass is 278 g/mol. The highest BCUT2D eigenvalue weighted by Crippen LogP contribution is 2.10. The molecule has 0 radical (unpaired) electrons. The maximum Gasteiger partial charge on any atom is 0.425 e. The molecule has 0 saturated heterocycles. The van der Waals surface area contributed by atoms with Gasteiger partial charge in [-0.1, -0.05) is 24.3 Å². The van der Waals surface area contributed by atoms with E-state index in [0.717, 1.165) is 0 Å². The SMILES string of the molecule is C=CCOS(=O)(=O)c1ccccc1.O=S(=O)=O. The van der Waals surface area contributed by atoms with Crippen LogP contribution in [0.5, 0.6) is 0 Å². The van der Waals surface area contributed by atoms with Gasteiger partial charge in [0.1, 0.15) is 0 Å². The summed E-state index contributed by atoms with van der Waals surface area (Å²) < 4.78 is 52.6. The van der Waals surface area contributed by atoms with Crippen LogP contribution in [0.4, 0.5) is 0 Å². The van der Waals surface area contributed by atoms with E-state index in [4.69, 9.17) is 12.6 Å². The molecule has 0 saturated carbocycles. The van der Waals surface area contributed by atoms with Crippen molar-refractivity contribution in [1.82, 2.24) is 0 Å². The van der Waals surface area contributed by atoms with Crippen LogP contribution in [0.3, 0.4) is 0 Å². The van der Waals surface area contributed by atoms with Gasteiger partial charge in [-0.15, -0.1) is 19.2 Å². The first-order valence-electron chi connectivity index (χ1n) is 4.22. The van der Waals surface area contributed by atoms with Crippen LogP contribution < -0.4 is 0 Å². The first-order chi connectivity index (χ1) is 7.90. The Kier molecular flexibility index (Phi) is 7.03. The molecule has 0 aromatic heterocycles. The van der Waals surface area contributed by atoms with Gasteiger partial charge in [-0.05, 0) is 12.1 Å². The molecule has 0 N–H and O–H groups in total. The van der Waals surface area contributed by atoms with Crippen LogP contribution in [-0.2, 0) is 24.9 Å². The highest BCUT2D eigenvalue weighted by Gasteiger charge is 2.12. The topological polar surface area (TPSA) is 94.6 Å². The summed E-state index contributed by atoms with van der Waals surface area (Å²) in [5.74, 6) is 0. The Hall–Kier alpha value is -1.51. The highest BCUT2D eigenvalue weighted by atomic mass is 32.2. The van der Waals surface area contributed by atoms with Crippen LogP contribution >= 0.6 is 0 Å². The van der Waals surface area contributed by atoms with Gasteiger partial charge in [-0.2, -0.15) is 8.42 Å². The zero-order valence-electron chi connectivity index (χ0n) is 8.64. The first kappa shape index (κ1) is 15.5. The Balaban J connectivity index is 0.000000557. The zero-order chi connectivity index (χ0) is 13.3. The average Bonchev–Trinajstić information content (AvgIpc) is 2.27. The summed E-state index contributed by atoms with van der Waals surface area (Å²) in [4.78, 5) is 0.164. The van der Waals surface area contributed by atoms with Gasteiger partial charge in [0.15, 0.2) is 0 Å². The molecule has 1 aromatic carbocycles. The molecule has 0 aliphatic carbocycles. The minimum atomic E-state index is -3.59. The summed E-state index contributed by atoms with van der Waals surface area (Å²) in [5, 5.41) is 0. The predicted molar refractivity (Wildman–Crippen MR) is 59.5 cm³/mol. The molecule has 0 aliphatic rings. The van der Waals surface area contributed by atoms with Gasteiger partial charge >= 0.3 is 10.6 Å². The minimum Gasteiger partial charge on any atom is -0.262 e. The maximum absolute atomic E-state index is 11.3. The van der Waals surface area contributed by atoms with Gasteiger partial charge in [0.2, 0.25) is 0 Å². The van der Waals surface area contributed by atoms with Crippen molar-refractivity contribution in [2.45, 2.75) is 4.90 Å². The fraction of sp³-hybridized carbons (Fsp3) is 0.111. The smallest absolute Gasteiger partial charge is 0.262 e. The molecule has 0 bridgehead atoms. The van der Waals surface area contributed by atoms with Gasteiger partial charge < -0.3 is 0 Å². The summed E-state index contributed by atoms with van der Waals surface area (Å²) >= 11 is 0. The van der Waals surface area contributed by atoms with Crippen molar-refractivity contribution in [3.8, 4) is 0 Å². The second-order valence-corrected chi connectivity index (χ2v) is 4.57. The third-order valence-electron chi connectivity index (χ3n) is 1.37. The molecular weight excluding hydrogens is 268 g/mol. The van der Waals surface area contributed by atoms with Crippen molar-refractivity contribution in [2.24, 2.45) is 0 Å². The Morgan fingerprint density at radius 1 is 1.18 bits per heavy atom. The van der Waals surface area contributed by atoms with Crippen molar-refractivity contribution in [3.05, 3.63) is 43.0 Å². The van der Waals surface area contributed by atoms with E-state index in [0.29, 0.717) is 0 Å². The Bertz CT molecular complexity index is 537. The van der Waals surface area contributed by atoms with Crippen molar-refractivity contribution in [2.75, 3.05) is 6.61 Å². The Morgan fingerprint density at radius 3 is 2.06 bits per heavy atom. The highest BCUT2D eigenvalue weighted by molar-refractivity contribution is 7.86. The third kappa shape index (κ3) is 7.39. The maximum atomic E-state index is 11.3. The summed E-state index contributed by atoms with van der Waals surface area (Å²) in [6.45, 7) is 3.37. The largest absolute Gasteiger partial charge is 0.425 e. The van der Waals surface area contributed by atoms with Crippen LogP contribution in [0.25, 0.3) is 0 Å². The lowest BCUT2D eigenvalue weighted by molar-refractivity contribution is 0.357. The van der Waals surface area contributed by atoms with Crippen molar-refractivity contribution in [3.63, 3.8) is 0 Å². The van der Waals surface area contributed by atoms with Crippen molar-refractivity contribution >= 4 is 20.7 Å². The average molecular weight is 278 g/mol. The van der Waals surface area contributed by atoms with Crippen molar-refractivity contribution < 1.29 is 25.2 Å². The van der Waals surface area contributed by atoms with Crippen LogP contribution in [0.15, 0.2) is 47.9 Å². The lowest BCUT2D eigenvalue weighted by Crippen LogP contribution is -2.05. The minimum absolute atomic E-state index is 0.00275. The van der Waals surface area contributed by atoms with Crippen LogP contribution in [-0.4, -0.2) is 27.7 Å². The normalized spacial score (nSPS) is 9.88. The van der Waals surface area contributed by atoms with Crippen LogP contribution in [0.2, 0.25) is 0 Å². The molecule has 0 spiro atoms. The second kappa shape index (κ2) is 7.71. The fourth-order valence-corrected chi connectivity index (χ4v) is 1.69. The molecule has 0 unspecified atom stereocenters. The van der Waals surface area contributed by atoms with E-state index in [2.05, 4.69) is 10.8 Å². The Morgan fingerprint density at radius 2 is 1.65 bits per heavy atom. The lowest BCUT2D eigenvalue weighted by atomic mass is 10.4. The van der Waals surface area contributed by atoms with E-state index < -0.39 is 20.7 Å². The number of hydrogen-bond acceptors (Lipinski definition) is 6. The fourth-order valence-electron chi connectivity index (χ4n) is 0.793. The summed E-state index contributed by atoms with van der Waals surface area (Å²) in [6.07, 6.45) is 1.39. The lowest BCUT2D eigenvalue weighted by Gasteiger charge is -2.01. The van der Waals surface area contributed by atoms with Crippen LogP contribution in [0.1, 0.15) is 0 Å². The number of rotatable bonds is 4. The molecule has 6 nitrogen and oxygen atoms in total. The van der Waals surface area contributed by atoms with Crippen LogP contribution in [0, 0.1) is 0 Å². The molecule has 8 heteroatoms. The van der Waals surface area contributed by atoms with E-state index in [9.17, 15) is 8.42 Å². The van der Waals surface area contributed by atoms with E-state index in [1.807, 2.05) is 0 Å². The van der Waals surface area contributed by atoms with Gasteiger partial charge in [0.25, 0.3) is 10.1 Å². The summed E-state index contributed by atoms with van der Waals surface area (Å²) in [6, 6.07) is 8.00. The molecule has 0 atom stereocenters. The number of hydrogen-bond donors (Lipinski definition) is 0. The third-order valence-corrected chi connectivity index (χ3v) is 2.67. The predicted octanol–water partition coefficient (Wildman–Crippen LogP) is 0.574. The molecule has 17 heavy (non-hydrogen) atoms. The molecular formula is C9H10O6S2. The molecule has 0 amide bonds. The molecule has 0 fully saturated rings. The molecule has 94 valence electrons. The quantitative estimate of drug-likeness (QED) is 0.590. The molecule has 1 rings (SSSR count). The van der Waals surface area contributed by atoms with E-state index >= 15 is 0 Å². The molecule has 0 heterocycles. The van der Waals surface area contributed by atoms with Crippen molar-refractivity contribution in [1.29, 1.82) is 0 Å². The summed E-state index contributed by atoms with van der Waals surface area (Å²) in [7, 11) is -6.70. The standard InChI is InChI=1S/C9H10O3S.O3S/c1-2-8-12-13(10,11)9-6-4-3-5-7-9;1-4(2)3/h2-7H,1,8H2;. The van der Waals surface area contributed by atoms with Gasteiger partial charge in [-0.3, -0.25) is 4.18 Å². The molecule has 0 aliphatic heterocycles. The van der Waals surface area contributed by atoms with E-state index in [-0.39, 0.29) is 11.5 Å². The van der Waals surface area contributed by atoms with E-state index in [1.165, 1.54) is 18.2 Å². The molecule has 1 aromatic rings. The second-order valence-electron chi connectivity index (χ2n) is 2.54. The number of benzene rings is 1. The Labute approximate surface area is 101 Å². The summed E-state index contributed by atoms with van der Waals surface area (Å²) in [5.41, 5.74) is 0.